The molecule has 3 heterocycles. The molecule has 0 unspecified atom stereocenters. The lowest BCUT2D eigenvalue weighted by molar-refractivity contribution is -0.129. The van der Waals surface area contributed by atoms with Crippen molar-refractivity contribution in [1.29, 1.82) is 0 Å². The van der Waals surface area contributed by atoms with Crippen molar-refractivity contribution in [3.8, 4) is 5.75 Å². The lowest BCUT2D eigenvalue weighted by Crippen LogP contribution is -2.31. The highest BCUT2D eigenvalue weighted by molar-refractivity contribution is 6.33. The highest BCUT2D eigenvalue weighted by Crippen LogP contribution is 2.35. The van der Waals surface area contributed by atoms with Crippen LogP contribution in [0.1, 0.15) is 31.2 Å². The standard InChI is InChI=1S/C22H25ClN6O3/c1-29-9-8-24-20-19-15(22(31)28-21(19)27-13-26-20)12-25-14-6-7-16(23)17(11-14)32-10-4-2-3-5-18(29)30/h6-7,11-13,25H,2-5,8-10H2,1H3,(H2,24,26,27,28,31)/b15-12-. The maximum absolute atomic E-state index is 12.6. The second-order valence-electron chi connectivity index (χ2n) is 7.65. The Morgan fingerprint density at radius 1 is 1.12 bits per heavy atom. The van der Waals surface area contributed by atoms with E-state index in [0.29, 0.717) is 59.7 Å². The molecule has 0 saturated carbocycles. The van der Waals surface area contributed by atoms with Gasteiger partial charge in [0.2, 0.25) is 5.91 Å². The zero-order valence-corrected chi connectivity index (χ0v) is 18.5. The van der Waals surface area contributed by atoms with Crippen LogP contribution in [0.3, 0.4) is 0 Å². The summed E-state index contributed by atoms with van der Waals surface area (Å²) in [6.45, 7) is 1.52. The first-order chi connectivity index (χ1) is 15.5. The lowest BCUT2D eigenvalue weighted by atomic mass is 10.1. The molecule has 0 saturated heterocycles. The molecule has 4 rings (SSSR count). The van der Waals surface area contributed by atoms with Crippen LogP contribution >= 0.6 is 11.6 Å². The molecule has 0 atom stereocenters. The number of fused-ring (bicyclic) bond motifs is 2. The van der Waals surface area contributed by atoms with Gasteiger partial charge in [0.1, 0.15) is 23.7 Å². The molecule has 10 heteroatoms. The summed E-state index contributed by atoms with van der Waals surface area (Å²) in [7, 11) is 1.79. The van der Waals surface area contributed by atoms with E-state index >= 15 is 0 Å². The van der Waals surface area contributed by atoms with Gasteiger partial charge in [-0.2, -0.15) is 0 Å². The fraction of sp³-hybridized carbons (Fsp3) is 0.364. The van der Waals surface area contributed by atoms with Crippen LogP contribution in [-0.4, -0.2) is 53.4 Å². The highest BCUT2D eigenvalue weighted by Gasteiger charge is 2.29. The molecule has 2 bridgehead atoms. The summed E-state index contributed by atoms with van der Waals surface area (Å²) in [6.07, 6.45) is 6.02. The van der Waals surface area contributed by atoms with Gasteiger partial charge in [0.15, 0.2) is 0 Å². The molecule has 2 aliphatic heterocycles. The first-order valence-corrected chi connectivity index (χ1v) is 10.9. The van der Waals surface area contributed by atoms with Gasteiger partial charge < -0.3 is 25.6 Å². The predicted octanol–water partition coefficient (Wildman–Crippen LogP) is 3.36. The highest BCUT2D eigenvalue weighted by atomic mass is 35.5. The van der Waals surface area contributed by atoms with E-state index in [4.69, 9.17) is 16.3 Å². The molecule has 3 N–H and O–H groups in total. The summed E-state index contributed by atoms with van der Waals surface area (Å²) in [5.41, 5.74) is 1.72. The van der Waals surface area contributed by atoms with Gasteiger partial charge in [-0.1, -0.05) is 11.6 Å². The summed E-state index contributed by atoms with van der Waals surface area (Å²) < 4.78 is 5.83. The molecular weight excluding hydrogens is 432 g/mol. The van der Waals surface area contributed by atoms with Crippen LogP contribution in [-0.2, 0) is 9.59 Å². The van der Waals surface area contributed by atoms with Crippen molar-refractivity contribution in [3.63, 3.8) is 0 Å². The summed E-state index contributed by atoms with van der Waals surface area (Å²) >= 11 is 6.27. The van der Waals surface area contributed by atoms with Gasteiger partial charge in [0.25, 0.3) is 5.91 Å². The van der Waals surface area contributed by atoms with Gasteiger partial charge >= 0.3 is 0 Å². The van der Waals surface area contributed by atoms with Crippen LogP contribution in [0.25, 0.3) is 5.57 Å². The Morgan fingerprint density at radius 2 is 1.97 bits per heavy atom. The number of hydrogen-bond donors (Lipinski definition) is 3. The summed E-state index contributed by atoms with van der Waals surface area (Å²) in [5, 5.41) is 9.64. The Labute approximate surface area is 191 Å². The number of anilines is 3. The Hall–Kier alpha value is -3.33. The van der Waals surface area contributed by atoms with Crippen LogP contribution in [0.15, 0.2) is 30.7 Å². The number of nitrogens with one attached hydrogen (secondary N) is 3. The van der Waals surface area contributed by atoms with Crippen molar-refractivity contribution in [2.75, 3.05) is 42.7 Å². The molecule has 1 aromatic carbocycles. The van der Waals surface area contributed by atoms with Gasteiger partial charge in [0, 0.05) is 44.5 Å². The summed E-state index contributed by atoms with van der Waals surface area (Å²) in [5.74, 6) is 1.35. The minimum absolute atomic E-state index is 0.0935. The number of hydrogen-bond acceptors (Lipinski definition) is 7. The number of nitrogens with zero attached hydrogens (tertiary/aromatic N) is 3. The Balaban J connectivity index is 1.63. The van der Waals surface area contributed by atoms with Gasteiger partial charge in [-0.15, -0.1) is 0 Å². The molecule has 32 heavy (non-hydrogen) atoms. The number of amides is 2. The molecule has 1 aromatic heterocycles. The molecule has 0 aliphatic carbocycles. The van der Waals surface area contributed by atoms with Gasteiger partial charge in [-0.3, -0.25) is 9.59 Å². The zero-order valence-electron chi connectivity index (χ0n) is 17.8. The topological polar surface area (TPSA) is 108 Å². The molecular formula is C22H25ClN6O3. The molecule has 2 amide bonds. The molecule has 0 fully saturated rings. The predicted molar refractivity (Wildman–Crippen MR) is 124 cm³/mol. The lowest BCUT2D eigenvalue weighted by Gasteiger charge is -2.18. The van der Waals surface area contributed by atoms with Crippen LogP contribution in [0.5, 0.6) is 5.75 Å². The Morgan fingerprint density at radius 3 is 2.84 bits per heavy atom. The van der Waals surface area contributed by atoms with Gasteiger partial charge in [0.05, 0.1) is 22.8 Å². The van der Waals surface area contributed by atoms with Crippen molar-refractivity contribution in [1.82, 2.24) is 14.9 Å². The molecule has 2 aromatic rings. The fourth-order valence-corrected chi connectivity index (χ4v) is 3.72. The SMILES string of the molecule is CN1CCNc2ncnc3c2/C(=C/Nc2ccc(Cl)c(c2)OCCCCCC1=O)C(=O)N3. The Bertz CT molecular complexity index is 1060. The third kappa shape index (κ3) is 4.94. The van der Waals surface area contributed by atoms with E-state index in [0.717, 1.165) is 24.9 Å². The number of aromatic nitrogens is 2. The van der Waals surface area contributed by atoms with Crippen LogP contribution in [0.2, 0.25) is 5.02 Å². The number of halogens is 1. The number of likely N-dealkylation sites (N-methyl/N-ethyl adjacent to an activating group) is 1. The quantitative estimate of drug-likeness (QED) is 0.557. The summed E-state index contributed by atoms with van der Waals surface area (Å²) in [6, 6.07) is 5.35. The van der Waals surface area contributed by atoms with Crippen molar-refractivity contribution in [2.45, 2.75) is 25.7 Å². The van der Waals surface area contributed by atoms with Crippen molar-refractivity contribution in [2.24, 2.45) is 0 Å². The summed E-state index contributed by atoms with van der Waals surface area (Å²) in [4.78, 5) is 35.1. The average Bonchev–Trinajstić information content (AvgIpc) is 3.11. The first kappa shape index (κ1) is 21.9. The van der Waals surface area contributed by atoms with E-state index in [1.54, 1.807) is 30.3 Å². The van der Waals surface area contributed by atoms with E-state index in [9.17, 15) is 9.59 Å². The second-order valence-corrected chi connectivity index (χ2v) is 8.06. The van der Waals surface area contributed by atoms with E-state index in [1.807, 2.05) is 6.07 Å². The van der Waals surface area contributed by atoms with Crippen molar-refractivity contribution < 1.29 is 14.3 Å². The van der Waals surface area contributed by atoms with Crippen LogP contribution in [0.4, 0.5) is 17.3 Å². The minimum Gasteiger partial charge on any atom is -0.492 e. The zero-order chi connectivity index (χ0) is 22.5. The Kier molecular flexibility index (Phi) is 6.75. The molecule has 2 aliphatic rings. The van der Waals surface area contributed by atoms with Crippen molar-refractivity contribution in [3.05, 3.63) is 41.3 Å². The minimum atomic E-state index is -0.278. The second kappa shape index (κ2) is 9.86. The number of benzene rings is 1. The average molecular weight is 457 g/mol. The molecule has 9 nitrogen and oxygen atoms in total. The third-order valence-corrected chi connectivity index (χ3v) is 5.68. The number of carbonyl (C=O) groups is 2. The van der Waals surface area contributed by atoms with E-state index in [2.05, 4.69) is 25.9 Å². The largest absolute Gasteiger partial charge is 0.492 e. The number of ether oxygens (including phenoxy) is 1. The monoisotopic (exact) mass is 456 g/mol. The normalized spacial score (nSPS) is 19.1. The molecule has 0 spiro atoms. The number of rotatable bonds is 0. The maximum Gasteiger partial charge on any atom is 0.259 e. The van der Waals surface area contributed by atoms with Crippen molar-refractivity contribution >= 4 is 46.3 Å². The first-order valence-electron chi connectivity index (χ1n) is 10.6. The van der Waals surface area contributed by atoms with E-state index in [1.165, 1.54) is 6.33 Å². The fourth-order valence-electron chi connectivity index (χ4n) is 3.55. The smallest absolute Gasteiger partial charge is 0.259 e. The maximum atomic E-state index is 12.6. The molecule has 168 valence electrons. The number of carbonyl (C=O) groups excluding carboxylic acids is 2. The van der Waals surface area contributed by atoms with E-state index < -0.39 is 0 Å². The van der Waals surface area contributed by atoms with Crippen LogP contribution < -0.4 is 20.7 Å². The van der Waals surface area contributed by atoms with Gasteiger partial charge in [-0.05, 0) is 31.4 Å². The third-order valence-electron chi connectivity index (χ3n) is 5.37. The van der Waals surface area contributed by atoms with E-state index in [-0.39, 0.29) is 11.8 Å². The van der Waals surface area contributed by atoms with Gasteiger partial charge in [-0.25, -0.2) is 9.97 Å². The molecule has 0 radical (unpaired) electrons. The van der Waals surface area contributed by atoms with Crippen LogP contribution in [0, 0.1) is 0 Å².